The molecular weight excluding hydrogens is 682 g/mol. The Kier molecular flexibility index (Phi) is 12.4. The minimum atomic E-state index is -3.92. The molecule has 1 heterocycles. The van der Waals surface area contributed by atoms with Crippen LogP contribution in [0.4, 0.5) is 22.7 Å². The first kappa shape index (κ1) is 38.6. The molecular formula is C35H36ClN7O6S. The number of phenols is 3. The van der Waals surface area contributed by atoms with Gasteiger partial charge in [-0.2, -0.15) is 0 Å². The summed E-state index contributed by atoms with van der Waals surface area (Å²) in [6.45, 7) is 3.52. The first-order valence-electron chi connectivity index (χ1n) is 14.1. The minimum Gasteiger partial charge on any atom is -0.506 e. The molecule has 0 bridgehead atoms. The summed E-state index contributed by atoms with van der Waals surface area (Å²) in [5.41, 5.74) is 1.96. The number of hydrogen-bond acceptors (Lipinski definition) is 10. The maximum Gasteiger partial charge on any atom is 0.299 e. The van der Waals surface area contributed by atoms with Gasteiger partial charge in [-0.05, 0) is 79.4 Å². The lowest BCUT2D eigenvalue weighted by Gasteiger charge is -2.04. The third-order valence-electron chi connectivity index (χ3n) is 6.91. The molecule has 0 unspecified atom stereocenters. The molecule has 0 spiro atoms. The van der Waals surface area contributed by atoms with Crippen molar-refractivity contribution < 1.29 is 23.7 Å². The number of hydrogen-bond donors (Lipinski definition) is 5. The van der Waals surface area contributed by atoms with E-state index in [4.69, 9.17) is 16.7 Å². The molecule has 0 amide bonds. The van der Waals surface area contributed by atoms with Crippen LogP contribution in [0.1, 0.15) is 26.1 Å². The number of sulfonamides is 1. The van der Waals surface area contributed by atoms with Gasteiger partial charge >= 0.3 is 0 Å². The molecule has 0 fully saturated rings. The zero-order valence-corrected chi connectivity index (χ0v) is 27.0. The van der Waals surface area contributed by atoms with E-state index in [0.29, 0.717) is 22.1 Å². The quantitative estimate of drug-likeness (QED) is 0.106. The van der Waals surface area contributed by atoms with Crippen molar-refractivity contribution in [3.63, 3.8) is 0 Å². The number of nitrogens with two attached hydrogens (primary N) is 1. The second kappa shape index (κ2) is 16.0. The molecule has 50 heavy (non-hydrogen) atoms. The Morgan fingerprint density at radius 2 is 1.34 bits per heavy atom. The predicted octanol–water partition coefficient (Wildman–Crippen LogP) is 9.14. The largest absolute Gasteiger partial charge is 0.506 e. The van der Waals surface area contributed by atoms with E-state index < -0.39 is 15.6 Å². The van der Waals surface area contributed by atoms with E-state index in [1.807, 2.05) is 37.3 Å². The Hall–Kier alpha value is -5.83. The fraction of sp³-hybridized carbons (Fsp3) is 0.114. The molecule has 0 radical (unpaired) electrons. The van der Waals surface area contributed by atoms with Crippen LogP contribution in [0.25, 0.3) is 16.5 Å². The van der Waals surface area contributed by atoms with Crippen LogP contribution >= 0.6 is 11.6 Å². The first-order valence-corrected chi connectivity index (χ1v) is 16.0. The van der Waals surface area contributed by atoms with Gasteiger partial charge in [0.2, 0.25) is 10.0 Å². The van der Waals surface area contributed by atoms with Gasteiger partial charge in [0.25, 0.3) is 5.56 Å². The Balaban J connectivity index is 0.000000267. The number of azo groups is 2. The fourth-order valence-electron chi connectivity index (χ4n) is 4.48. The third kappa shape index (κ3) is 8.79. The molecule has 6 N–H and O–H groups in total. The van der Waals surface area contributed by atoms with Gasteiger partial charge in [0.05, 0.1) is 16.3 Å². The van der Waals surface area contributed by atoms with Crippen LogP contribution < -0.4 is 10.7 Å². The number of phenolic OH excluding ortho intramolecular Hbond substituents is 3. The Bertz CT molecular complexity index is 2390. The number of primary sulfonamides is 1. The number of fused-ring (bicyclic) bond motifs is 1. The van der Waals surface area contributed by atoms with E-state index >= 15 is 0 Å². The monoisotopic (exact) mass is 717 g/mol. The zero-order valence-electron chi connectivity index (χ0n) is 25.4. The number of aromatic nitrogens is 2. The second-order valence-corrected chi connectivity index (χ2v) is 12.4. The number of halogens is 1. The SMILES string of the molecule is C.C.Cc1[nH]n(-c2cccc(S(N)(=O)=O)c2)c(=O)c1N=Nc1cc(Cl)ccc1O.Cc1ccc(O)c(N=Nc2c(O)ccc3ccccc23)c1. The molecule has 1 aromatic heterocycles. The van der Waals surface area contributed by atoms with Gasteiger partial charge in [-0.1, -0.05) is 68.9 Å². The van der Waals surface area contributed by atoms with Gasteiger partial charge < -0.3 is 15.3 Å². The summed E-state index contributed by atoms with van der Waals surface area (Å²) in [6, 6.07) is 26.0. The Morgan fingerprint density at radius 3 is 2.04 bits per heavy atom. The van der Waals surface area contributed by atoms with Gasteiger partial charge in [0, 0.05) is 10.4 Å². The summed E-state index contributed by atoms with van der Waals surface area (Å²) in [6.07, 6.45) is 0. The molecule has 0 aliphatic rings. The first-order chi connectivity index (χ1) is 22.8. The zero-order chi connectivity index (χ0) is 34.6. The summed E-state index contributed by atoms with van der Waals surface area (Å²) in [7, 11) is -3.92. The summed E-state index contributed by atoms with van der Waals surface area (Å²) in [5, 5.41) is 55.5. The highest BCUT2D eigenvalue weighted by molar-refractivity contribution is 7.89. The van der Waals surface area contributed by atoms with Crippen molar-refractivity contribution in [1.29, 1.82) is 0 Å². The summed E-state index contributed by atoms with van der Waals surface area (Å²) < 4.78 is 24.1. The lowest BCUT2D eigenvalue weighted by atomic mass is 10.1. The van der Waals surface area contributed by atoms with Crippen LogP contribution in [0.3, 0.4) is 0 Å². The smallest absolute Gasteiger partial charge is 0.299 e. The maximum atomic E-state index is 12.6. The molecule has 0 aliphatic carbocycles. The highest BCUT2D eigenvalue weighted by Gasteiger charge is 2.15. The molecule has 0 saturated carbocycles. The van der Waals surface area contributed by atoms with Crippen LogP contribution in [0.5, 0.6) is 17.2 Å². The van der Waals surface area contributed by atoms with Crippen molar-refractivity contribution in [2.75, 3.05) is 0 Å². The van der Waals surface area contributed by atoms with Crippen LogP contribution in [0.2, 0.25) is 5.02 Å². The molecule has 13 nitrogen and oxygen atoms in total. The third-order valence-corrected chi connectivity index (χ3v) is 8.05. The highest BCUT2D eigenvalue weighted by Crippen LogP contribution is 2.37. The van der Waals surface area contributed by atoms with Crippen molar-refractivity contribution in [3.05, 3.63) is 124 Å². The second-order valence-electron chi connectivity index (χ2n) is 10.4. The van der Waals surface area contributed by atoms with E-state index in [9.17, 15) is 28.5 Å². The van der Waals surface area contributed by atoms with E-state index in [1.54, 1.807) is 31.2 Å². The molecule has 15 heteroatoms. The van der Waals surface area contributed by atoms with Gasteiger partial charge in [-0.3, -0.25) is 9.89 Å². The van der Waals surface area contributed by atoms with Gasteiger partial charge in [-0.15, -0.1) is 20.5 Å². The van der Waals surface area contributed by atoms with E-state index in [-0.39, 0.29) is 54.1 Å². The number of rotatable bonds is 6. The number of aryl methyl sites for hydroxylation is 2. The molecule has 260 valence electrons. The molecule has 0 atom stereocenters. The average Bonchev–Trinajstić information content (AvgIpc) is 3.34. The van der Waals surface area contributed by atoms with E-state index in [0.717, 1.165) is 21.0 Å². The number of nitrogens with one attached hydrogen (secondary N) is 1. The number of benzene rings is 5. The Labute approximate surface area is 293 Å². The molecule has 0 saturated heterocycles. The molecule has 5 aromatic carbocycles. The van der Waals surface area contributed by atoms with Crippen molar-refractivity contribution in [2.45, 2.75) is 33.6 Å². The lowest BCUT2D eigenvalue weighted by molar-refractivity contribution is 0.474. The van der Waals surface area contributed by atoms with Gasteiger partial charge in [-0.25, -0.2) is 18.2 Å². The van der Waals surface area contributed by atoms with Crippen LogP contribution in [0, 0.1) is 13.8 Å². The molecule has 6 rings (SSSR count). The average molecular weight is 718 g/mol. The van der Waals surface area contributed by atoms with E-state index in [2.05, 4.69) is 25.6 Å². The number of aromatic amines is 1. The van der Waals surface area contributed by atoms with Crippen LogP contribution in [-0.2, 0) is 10.0 Å². The maximum absolute atomic E-state index is 12.6. The number of aromatic hydroxyl groups is 3. The molecule has 6 aromatic rings. The van der Waals surface area contributed by atoms with Crippen molar-refractivity contribution in [2.24, 2.45) is 25.6 Å². The van der Waals surface area contributed by atoms with Crippen molar-refractivity contribution in [1.82, 2.24) is 9.78 Å². The summed E-state index contributed by atoms with van der Waals surface area (Å²) in [4.78, 5) is 12.5. The van der Waals surface area contributed by atoms with Gasteiger partial charge in [0.15, 0.2) is 5.69 Å². The van der Waals surface area contributed by atoms with Crippen molar-refractivity contribution >= 4 is 55.1 Å². The van der Waals surface area contributed by atoms with Crippen LogP contribution in [-0.4, -0.2) is 33.5 Å². The summed E-state index contributed by atoms with van der Waals surface area (Å²) >= 11 is 5.85. The highest BCUT2D eigenvalue weighted by atomic mass is 35.5. The topological polar surface area (TPSA) is 208 Å². The summed E-state index contributed by atoms with van der Waals surface area (Å²) in [5.74, 6) is -0.0220. The number of nitrogens with zero attached hydrogens (tertiary/aromatic N) is 5. The normalized spacial score (nSPS) is 11.2. The van der Waals surface area contributed by atoms with Gasteiger partial charge in [0.1, 0.15) is 34.3 Å². The Morgan fingerprint density at radius 1 is 0.720 bits per heavy atom. The minimum absolute atomic E-state index is 0. The van der Waals surface area contributed by atoms with Crippen molar-refractivity contribution in [3.8, 4) is 22.9 Å². The van der Waals surface area contributed by atoms with Crippen LogP contribution in [0.15, 0.2) is 127 Å². The standard InChI is InChI=1S/C17H14N2O2.C16H14ClN5O4S.2CH4/c1-11-6-8-15(20)14(10-11)18-19-17-13-5-3-2-4-12(13)7-9-16(17)21;1-9-15(20-19-13-7-10(17)5-6-14(13)23)16(24)22(21-9)11-3-2-4-12(8-11)27(18,25)26;;/h2-10,20-21H,1H3;2-8,21,23H,1H3,(H2,18,25,26);2*1H4. The predicted molar refractivity (Wildman–Crippen MR) is 196 cm³/mol. The van der Waals surface area contributed by atoms with E-state index in [1.165, 1.54) is 42.5 Å². The molecule has 0 aliphatic heterocycles. The lowest BCUT2D eigenvalue weighted by Crippen LogP contribution is -2.16. The number of H-pyrrole nitrogens is 1. The fourth-order valence-corrected chi connectivity index (χ4v) is 5.20.